The maximum atomic E-state index is 5.23. The van der Waals surface area contributed by atoms with Gasteiger partial charge in [-0.3, -0.25) is 0 Å². The Kier molecular flexibility index (Phi) is 4.62. The Morgan fingerprint density at radius 2 is 2.00 bits per heavy atom. The molecular formula is C13H26N2O. The molecule has 3 heteroatoms. The van der Waals surface area contributed by atoms with Crippen molar-refractivity contribution in [3.8, 4) is 0 Å². The molecule has 16 heavy (non-hydrogen) atoms. The van der Waals surface area contributed by atoms with E-state index in [4.69, 9.17) is 4.74 Å². The molecule has 0 saturated carbocycles. The summed E-state index contributed by atoms with van der Waals surface area (Å²) in [4.78, 5) is 2.57. The van der Waals surface area contributed by atoms with Crippen molar-refractivity contribution < 1.29 is 4.74 Å². The van der Waals surface area contributed by atoms with E-state index < -0.39 is 0 Å². The average molecular weight is 226 g/mol. The minimum atomic E-state index is 0.610. The lowest BCUT2D eigenvalue weighted by Crippen LogP contribution is -2.36. The largest absolute Gasteiger partial charge is 0.383 e. The van der Waals surface area contributed by atoms with Gasteiger partial charge in [0.15, 0.2) is 0 Å². The fraction of sp³-hybridized carbons (Fsp3) is 1.00. The number of nitrogens with one attached hydrogen (secondary N) is 1. The van der Waals surface area contributed by atoms with Gasteiger partial charge >= 0.3 is 0 Å². The van der Waals surface area contributed by atoms with Crippen molar-refractivity contribution >= 4 is 0 Å². The molecule has 94 valence electrons. The minimum Gasteiger partial charge on any atom is -0.383 e. The van der Waals surface area contributed by atoms with Gasteiger partial charge in [0.1, 0.15) is 0 Å². The second kappa shape index (κ2) is 5.99. The molecule has 2 fully saturated rings. The Hall–Kier alpha value is -0.120. The Balaban J connectivity index is 1.73. The third kappa shape index (κ3) is 2.96. The average Bonchev–Trinajstić information content (AvgIpc) is 2.78. The third-order valence-electron chi connectivity index (χ3n) is 4.37. The third-order valence-corrected chi connectivity index (χ3v) is 4.37. The quantitative estimate of drug-likeness (QED) is 0.783. The predicted molar refractivity (Wildman–Crippen MR) is 66.6 cm³/mol. The lowest BCUT2D eigenvalue weighted by Gasteiger charge is -2.34. The molecule has 2 unspecified atom stereocenters. The fourth-order valence-electron chi connectivity index (χ4n) is 3.28. The molecule has 2 atom stereocenters. The first-order valence-electron chi connectivity index (χ1n) is 6.78. The van der Waals surface area contributed by atoms with E-state index in [1.807, 2.05) is 0 Å². The summed E-state index contributed by atoms with van der Waals surface area (Å²) >= 11 is 0. The number of nitrogens with zero attached hydrogens (tertiary/aromatic N) is 1. The van der Waals surface area contributed by atoms with Gasteiger partial charge < -0.3 is 15.0 Å². The number of rotatable bonds is 4. The van der Waals surface area contributed by atoms with E-state index in [0.29, 0.717) is 6.04 Å². The molecule has 2 rings (SSSR count). The van der Waals surface area contributed by atoms with Gasteiger partial charge in [-0.2, -0.15) is 0 Å². The van der Waals surface area contributed by atoms with E-state index in [-0.39, 0.29) is 0 Å². The summed E-state index contributed by atoms with van der Waals surface area (Å²) in [6, 6.07) is 0.610. The zero-order valence-corrected chi connectivity index (χ0v) is 10.7. The summed E-state index contributed by atoms with van der Waals surface area (Å²) in [5.74, 6) is 1.86. The second-order valence-corrected chi connectivity index (χ2v) is 5.33. The Bertz CT molecular complexity index is 202. The van der Waals surface area contributed by atoms with Crippen molar-refractivity contribution in [2.24, 2.45) is 11.8 Å². The SMILES string of the molecule is CCN1CCC(C2CNC(COC)C2)CC1. The van der Waals surface area contributed by atoms with Crippen LogP contribution in [-0.4, -0.2) is 50.8 Å². The van der Waals surface area contributed by atoms with Crippen molar-refractivity contribution in [3.63, 3.8) is 0 Å². The number of piperidine rings is 1. The highest BCUT2D eigenvalue weighted by atomic mass is 16.5. The molecule has 0 aliphatic carbocycles. The lowest BCUT2D eigenvalue weighted by molar-refractivity contribution is 0.149. The zero-order valence-electron chi connectivity index (χ0n) is 10.7. The first-order chi connectivity index (χ1) is 7.83. The van der Waals surface area contributed by atoms with Gasteiger partial charge in [-0.15, -0.1) is 0 Å². The van der Waals surface area contributed by atoms with Gasteiger partial charge in [-0.25, -0.2) is 0 Å². The monoisotopic (exact) mass is 226 g/mol. The molecule has 2 heterocycles. The number of hydrogen-bond acceptors (Lipinski definition) is 3. The first-order valence-corrected chi connectivity index (χ1v) is 6.78. The molecule has 2 aliphatic rings. The molecule has 0 aromatic rings. The number of ether oxygens (including phenoxy) is 1. The van der Waals surface area contributed by atoms with Crippen LogP contribution in [0.4, 0.5) is 0 Å². The van der Waals surface area contributed by atoms with Gasteiger partial charge in [0, 0.05) is 13.2 Å². The maximum Gasteiger partial charge on any atom is 0.0615 e. The Morgan fingerprint density at radius 1 is 1.25 bits per heavy atom. The van der Waals surface area contributed by atoms with Crippen LogP contribution in [0.15, 0.2) is 0 Å². The van der Waals surface area contributed by atoms with Crippen molar-refractivity contribution in [2.45, 2.75) is 32.2 Å². The molecule has 0 amide bonds. The maximum absolute atomic E-state index is 5.23. The summed E-state index contributed by atoms with van der Waals surface area (Å²) in [5, 5.41) is 3.59. The van der Waals surface area contributed by atoms with E-state index in [9.17, 15) is 0 Å². The van der Waals surface area contributed by atoms with Gasteiger partial charge in [0.25, 0.3) is 0 Å². The molecule has 0 aromatic carbocycles. The molecule has 2 saturated heterocycles. The van der Waals surface area contributed by atoms with Crippen molar-refractivity contribution in [3.05, 3.63) is 0 Å². The first kappa shape index (κ1) is 12.3. The van der Waals surface area contributed by atoms with Crippen molar-refractivity contribution in [1.82, 2.24) is 10.2 Å². The van der Waals surface area contributed by atoms with E-state index in [1.54, 1.807) is 7.11 Å². The Labute approximate surface area is 99.5 Å². The van der Waals surface area contributed by atoms with Crippen LogP contribution in [0.2, 0.25) is 0 Å². The van der Waals surface area contributed by atoms with E-state index >= 15 is 0 Å². The molecule has 0 aromatic heterocycles. The smallest absolute Gasteiger partial charge is 0.0615 e. The molecule has 0 radical (unpaired) electrons. The van der Waals surface area contributed by atoms with Crippen LogP contribution in [0.1, 0.15) is 26.2 Å². The van der Waals surface area contributed by atoms with Crippen LogP contribution < -0.4 is 5.32 Å². The molecule has 3 nitrogen and oxygen atoms in total. The van der Waals surface area contributed by atoms with Gasteiger partial charge in [0.05, 0.1) is 6.61 Å². The second-order valence-electron chi connectivity index (χ2n) is 5.33. The fourth-order valence-corrected chi connectivity index (χ4v) is 3.28. The van der Waals surface area contributed by atoms with Crippen molar-refractivity contribution in [1.29, 1.82) is 0 Å². The van der Waals surface area contributed by atoms with Gasteiger partial charge in [0.2, 0.25) is 0 Å². The number of likely N-dealkylation sites (tertiary alicyclic amines) is 1. The standard InChI is InChI=1S/C13H26N2O/c1-3-15-6-4-11(5-7-15)12-8-13(10-16-2)14-9-12/h11-14H,3-10H2,1-2H3. The summed E-state index contributed by atoms with van der Waals surface area (Å²) in [6.45, 7) is 8.21. The molecule has 0 bridgehead atoms. The normalized spacial score (nSPS) is 33.4. The van der Waals surface area contributed by atoms with Crippen LogP contribution in [0, 0.1) is 11.8 Å². The highest BCUT2D eigenvalue weighted by Gasteiger charge is 2.32. The molecular weight excluding hydrogens is 200 g/mol. The number of hydrogen-bond donors (Lipinski definition) is 1. The van der Waals surface area contributed by atoms with Crippen LogP contribution in [-0.2, 0) is 4.74 Å². The van der Waals surface area contributed by atoms with Crippen LogP contribution in [0.3, 0.4) is 0 Å². The number of methoxy groups -OCH3 is 1. The topological polar surface area (TPSA) is 24.5 Å². The lowest BCUT2D eigenvalue weighted by atomic mass is 9.83. The van der Waals surface area contributed by atoms with Crippen LogP contribution >= 0.6 is 0 Å². The predicted octanol–water partition coefficient (Wildman–Crippen LogP) is 1.34. The summed E-state index contributed by atoms with van der Waals surface area (Å²) in [7, 11) is 1.80. The minimum absolute atomic E-state index is 0.610. The van der Waals surface area contributed by atoms with Crippen molar-refractivity contribution in [2.75, 3.05) is 39.9 Å². The van der Waals surface area contributed by atoms with Gasteiger partial charge in [-0.05, 0) is 57.3 Å². The van der Waals surface area contributed by atoms with E-state index in [0.717, 1.165) is 18.4 Å². The summed E-state index contributed by atoms with van der Waals surface area (Å²) < 4.78 is 5.23. The van der Waals surface area contributed by atoms with Crippen LogP contribution in [0.5, 0.6) is 0 Å². The molecule has 2 aliphatic heterocycles. The van der Waals surface area contributed by atoms with E-state index in [1.165, 1.54) is 45.4 Å². The molecule has 1 N–H and O–H groups in total. The van der Waals surface area contributed by atoms with Gasteiger partial charge in [-0.1, -0.05) is 6.92 Å². The zero-order chi connectivity index (χ0) is 11.4. The van der Waals surface area contributed by atoms with E-state index in [2.05, 4.69) is 17.1 Å². The summed E-state index contributed by atoms with van der Waals surface area (Å²) in [6.07, 6.45) is 4.13. The summed E-state index contributed by atoms with van der Waals surface area (Å²) in [5.41, 5.74) is 0. The highest BCUT2D eigenvalue weighted by molar-refractivity contribution is 4.87. The highest BCUT2D eigenvalue weighted by Crippen LogP contribution is 2.30. The Morgan fingerprint density at radius 3 is 2.62 bits per heavy atom. The van der Waals surface area contributed by atoms with Crippen LogP contribution in [0.25, 0.3) is 0 Å². The molecule has 0 spiro atoms.